The first-order valence-corrected chi connectivity index (χ1v) is 8.32. The van der Waals surface area contributed by atoms with Crippen molar-refractivity contribution >= 4 is 17.5 Å². The number of nitrogens with one attached hydrogen (secondary N) is 2. The van der Waals surface area contributed by atoms with E-state index in [4.69, 9.17) is 4.74 Å². The molecule has 1 unspecified atom stereocenters. The lowest BCUT2D eigenvalue weighted by Gasteiger charge is -2.20. The van der Waals surface area contributed by atoms with Crippen LogP contribution in [0, 0.1) is 0 Å². The molecule has 2 amide bonds. The summed E-state index contributed by atoms with van der Waals surface area (Å²) in [5.41, 5.74) is 2.93. The van der Waals surface area contributed by atoms with Gasteiger partial charge in [0.15, 0.2) is 5.65 Å². The van der Waals surface area contributed by atoms with Gasteiger partial charge in [0.25, 0.3) is 0 Å². The smallest absolute Gasteiger partial charge is 0.320 e. The van der Waals surface area contributed by atoms with Crippen LogP contribution in [0.5, 0.6) is 5.75 Å². The van der Waals surface area contributed by atoms with Crippen molar-refractivity contribution in [1.29, 1.82) is 0 Å². The summed E-state index contributed by atoms with van der Waals surface area (Å²) in [6, 6.07) is 9.16. The van der Waals surface area contributed by atoms with Gasteiger partial charge >= 0.3 is 6.03 Å². The molecule has 0 radical (unpaired) electrons. The molecule has 2 N–H and O–H groups in total. The van der Waals surface area contributed by atoms with Crippen molar-refractivity contribution in [1.82, 2.24) is 19.9 Å². The predicted molar refractivity (Wildman–Crippen MR) is 93.8 cm³/mol. The Morgan fingerprint density at radius 2 is 2.20 bits per heavy atom. The third-order valence-electron chi connectivity index (χ3n) is 4.31. The van der Waals surface area contributed by atoms with E-state index in [9.17, 15) is 4.79 Å². The van der Waals surface area contributed by atoms with Gasteiger partial charge in [-0.15, -0.1) is 0 Å². The van der Waals surface area contributed by atoms with Crippen LogP contribution < -0.4 is 15.4 Å². The van der Waals surface area contributed by atoms with Crippen LogP contribution in [0.4, 0.5) is 10.6 Å². The lowest BCUT2D eigenvalue weighted by atomic mass is 10.00. The van der Waals surface area contributed by atoms with E-state index in [1.807, 2.05) is 19.1 Å². The second kappa shape index (κ2) is 6.43. The van der Waals surface area contributed by atoms with Crippen LogP contribution in [0.3, 0.4) is 0 Å². The summed E-state index contributed by atoms with van der Waals surface area (Å²) in [5.74, 6) is 1.52. The van der Waals surface area contributed by atoms with Gasteiger partial charge in [-0.25, -0.2) is 9.78 Å². The minimum atomic E-state index is -0.288. The van der Waals surface area contributed by atoms with Crippen molar-refractivity contribution in [2.75, 3.05) is 11.9 Å². The topological polar surface area (TPSA) is 80.5 Å². The number of ether oxygens (including phenoxy) is 1. The van der Waals surface area contributed by atoms with Gasteiger partial charge in [0.05, 0.1) is 18.8 Å². The van der Waals surface area contributed by atoms with Crippen LogP contribution in [0.25, 0.3) is 5.65 Å². The van der Waals surface area contributed by atoms with E-state index < -0.39 is 0 Å². The standard InChI is InChI=1S/C18H19N5O2/c1-12(13-4-5-15-14(11-13)3-2-10-25-15)21-18(24)22-17-6-8-19-16-7-9-20-23(16)17/h4-9,11-12H,2-3,10H2,1H3,(H2,21,22,24). The summed E-state index contributed by atoms with van der Waals surface area (Å²) in [5, 5.41) is 9.93. The summed E-state index contributed by atoms with van der Waals surface area (Å²) >= 11 is 0. The molecule has 128 valence electrons. The van der Waals surface area contributed by atoms with Crippen LogP contribution in [0.1, 0.15) is 30.5 Å². The maximum atomic E-state index is 12.3. The van der Waals surface area contributed by atoms with Gasteiger partial charge < -0.3 is 10.1 Å². The zero-order valence-corrected chi connectivity index (χ0v) is 13.9. The summed E-state index contributed by atoms with van der Waals surface area (Å²) in [6.07, 6.45) is 5.32. The number of benzene rings is 1. The monoisotopic (exact) mass is 337 g/mol. The maximum Gasteiger partial charge on any atom is 0.320 e. The van der Waals surface area contributed by atoms with Crippen LogP contribution in [-0.4, -0.2) is 27.2 Å². The molecule has 7 heteroatoms. The van der Waals surface area contributed by atoms with E-state index in [0.29, 0.717) is 11.5 Å². The predicted octanol–water partition coefficient (Wildman–Crippen LogP) is 2.94. The molecule has 1 aromatic carbocycles. The number of rotatable bonds is 3. The van der Waals surface area contributed by atoms with Crippen molar-refractivity contribution < 1.29 is 9.53 Å². The fourth-order valence-corrected chi connectivity index (χ4v) is 3.01. The highest BCUT2D eigenvalue weighted by molar-refractivity contribution is 5.88. The van der Waals surface area contributed by atoms with Gasteiger partial charge in [0.2, 0.25) is 0 Å². The second-order valence-corrected chi connectivity index (χ2v) is 6.07. The van der Waals surface area contributed by atoms with Crippen molar-refractivity contribution in [2.45, 2.75) is 25.8 Å². The molecule has 0 fully saturated rings. The molecule has 7 nitrogen and oxygen atoms in total. The fourth-order valence-electron chi connectivity index (χ4n) is 3.01. The number of aryl methyl sites for hydroxylation is 1. The van der Waals surface area contributed by atoms with E-state index >= 15 is 0 Å². The average Bonchev–Trinajstić information content (AvgIpc) is 3.11. The van der Waals surface area contributed by atoms with E-state index in [0.717, 1.165) is 30.8 Å². The Balaban J connectivity index is 1.46. The first kappa shape index (κ1) is 15.4. The third kappa shape index (κ3) is 3.13. The molecule has 0 bridgehead atoms. The zero-order valence-electron chi connectivity index (χ0n) is 13.9. The molecular formula is C18H19N5O2. The number of anilines is 1. The van der Waals surface area contributed by atoms with Crippen LogP contribution in [0.2, 0.25) is 0 Å². The quantitative estimate of drug-likeness (QED) is 0.770. The minimum Gasteiger partial charge on any atom is -0.493 e. The lowest BCUT2D eigenvalue weighted by Crippen LogP contribution is -2.32. The Morgan fingerprint density at radius 3 is 3.12 bits per heavy atom. The molecule has 1 aliphatic rings. The van der Waals surface area contributed by atoms with Gasteiger partial charge in [-0.3, -0.25) is 5.32 Å². The highest BCUT2D eigenvalue weighted by Gasteiger charge is 2.15. The fraction of sp³-hybridized carbons (Fsp3) is 0.278. The molecule has 0 saturated carbocycles. The number of nitrogens with zero attached hydrogens (tertiary/aromatic N) is 3. The van der Waals surface area contributed by atoms with E-state index in [1.54, 1.807) is 29.0 Å². The first-order valence-electron chi connectivity index (χ1n) is 8.32. The number of hydrogen-bond donors (Lipinski definition) is 2. The van der Waals surface area contributed by atoms with Crippen LogP contribution in [-0.2, 0) is 6.42 Å². The number of aromatic nitrogens is 3. The van der Waals surface area contributed by atoms with Crippen molar-refractivity contribution in [3.8, 4) is 5.75 Å². The third-order valence-corrected chi connectivity index (χ3v) is 4.31. The SMILES string of the molecule is CC(NC(=O)Nc1ccnc2ccnn12)c1ccc2c(c1)CCCO2. The lowest BCUT2D eigenvalue weighted by molar-refractivity contribution is 0.249. The Labute approximate surface area is 145 Å². The number of fused-ring (bicyclic) bond motifs is 2. The molecule has 0 spiro atoms. The summed E-state index contributed by atoms with van der Waals surface area (Å²) < 4.78 is 7.22. The van der Waals surface area contributed by atoms with Gasteiger partial charge in [0, 0.05) is 12.3 Å². The van der Waals surface area contributed by atoms with Gasteiger partial charge in [-0.1, -0.05) is 12.1 Å². The molecule has 0 saturated heterocycles. The molecule has 3 aromatic rings. The zero-order chi connectivity index (χ0) is 17.2. The molecule has 0 aliphatic carbocycles. The summed E-state index contributed by atoms with van der Waals surface area (Å²) in [6.45, 7) is 2.73. The summed E-state index contributed by atoms with van der Waals surface area (Å²) in [4.78, 5) is 16.5. The van der Waals surface area contributed by atoms with Crippen LogP contribution >= 0.6 is 0 Å². The second-order valence-electron chi connectivity index (χ2n) is 6.07. The first-order chi connectivity index (χ1) is 12.2. The molecular weight excluding hydrogens is 318 g/mol. The molecule has 4 rings (SSSR count). The van der Waals surface area contributed by atoms with Gasteiger partial charge in [-0.05, 0) is 43.0 Å². The van der Waals surface area contributed by atoms with E-state index in [-0.39, 0.29) is 12.1 Å². The molecule has 1 atom stereocenters. The number of amides is 2. The molecule has 3 heterocycles. The Morgan fingerprint density at radius 1 is 1.28 bits per heavy atom. The highest BCUT2D eigenvalue weighted by atomic mass is 16.5. The molecule has 1 aliphatic heterocycles. The number of carbonyl (C=O) groups is 1. The van der Waals surface area contributed by atoms with E-state index in [1.165, 1.54) is 5.56 Å². The minimum absolute atomic E-state index is 0.123. The van der Waals surface area contributed by atoms with Crippen LogP contribution in [0.15, 0.2) is 42.7 Å². The van der Waals surface area contributed by atoms with E-state index in [2.05, 4.69) is 26.8 Å². The van der Waals surface area contributed by atoms with Crippen molar-refractivity contribution in [3.05, 3.63) is 53.9 Å². The number of carbonyl (C=O) groups excluding carboxylic acids is 1. The van der Waals surface area contributed by atoms with Crippen molar-refractivity contribution in [2.24, 2.45) is 0 Å². The highest BCUT2D eigenvalue weighted by Crippen LogP contribution is 2.27. The Kier molecular flexibility index (Phi) is 3.97. The molecule has 2 aromatic heterocycles. The van der Waals surface area contributed by atoms with Gasteiger partial charge in [0.1, 0.15) is 11.6 Å². The Bertz CT molecular complexity index is 921. The van der Waals surface area contributed by atoms with Gasteiger partial charge in [-0.2, -0.15) is 9.61 Å². The summed E-state index contributed by atoms with van der Waals surface area (Å²) in [7, 11) is 0. The van der Waals surface area contributed by atoms with Crippen molar-refractivity contribution in [3.63, 3.8) is 0 Å². The Hall–Kier alpha value is -3.09. The number of hydrogen-bond acceptors (Lipinski definition) is 4. The largest absolute Gasteiger partial charge is 0.493 e. The number of urea groups is 1. The molecule has 25 heavy (non-hydrogen) atoms. The normalized spacial score (nSPS) is 14.4. The maximum absolute atomic E-state index is 12.3. The average molecular weight is 337 g/mol.